The molecule has 0 saturated heterocycles. The molecule has 0 heterocycles. The number of ether oxygens (including phenoxy) is 2. The fourth-order valence-corrected chi connectivity index (χ4v) is 1.69. The van der Waals surface area contributed by atoms with Crippen molar-refractivity contribution in [3.8, 4) is 17.6 Å². The standard InChI is InChI=1S/C16H20N2O2S/c1-4-19-15-8-12(7-13(9-17)16(18)21)5-6-14(15)20-10-11(2)3/h5-8,11H,4,10H2,1-3H3,(H2,18,21)/b13-7-. The first kappa shape index (κ1) is 17.0. The summed E-state index contributed by atoms with van der Waals surface area (Å²) in [7, 11) is 0. The molecule has 0 aliphatic heterocycles. The first-order chi connectivity index (χ1) is 9.97. The van der Waals surface area contributed by atoms with E-state index in [0.717, 1.165) is 5.56 Å². The van der Waals surface area contributed by atoms with Crippen molar-refractivity contribution in [2.75, 3.05) is 13.2 Å². The summed E-state index contributed by atoms with van der Waals surface area (Å²) in [6.07, 6.45) is 1.64. The number of rotatable bonds is 7. The van der Waals surface area contributed by atoms with Crippen molar-refractivity contribution in [3.05, 3.63) is 29.3 Å². The molecule has 5 heteroatoms. The Morgan fingerprint density at radius 2 is 2.10 bits per heavy atom. The molecule has 0 bridgehead atoms. The van der Waals surface area contributed by atoms with E-state index < -0.39 is 0 Å². The largest absolute Gasteiger partial charge is 0.490 e. The quantitative estimate of drug-likeness (QED) is 0.475. The van der Waals surface area contributed by atoms with Crippen LogP contribution in [0, 0.1) is 17.2 Å². The molecule has 4 nitrogen and oxygen atoms in total. The summed E-state index contributed by atoms with van der Waals surface area (Å²) in [5.41, 5.74) is 6.55. The Hall–Kier alpha value is -2.06. The van der Waals surface area contributed by atoms with Crippen LogP contribution in [0.25, 0.3) is 6.08 Å². The number of nitriles is 1. The molecule has 1 aromatic rings. The predicted octanol–water partition coefficient (Wildman–Crippen LogP) is 3.31. The lowest BCUT2D eigenvalue weighted by Gasteiger charge is -2.14. The number of benzene rings is 1. The van der Waals surface area contributed by atoms with E-state index in [9.17, 15) is 0 Å². The van der Waals surface area contributed by atoms with Crippen LogP contribution < -0.4 is 15.2 Å². The van der Waals surface area contributed by atoms with E-state index in [1.165, 1.54) is 0 Å². The van der Waals surface area contributed by atoms with Crippen LogP contribution in [-0.4, -0.2) is 18.2 Å². The first-order valence-corrected chi connectivity index (χ1v) is 7.20. The highest BCUT2D eigenvalue weighted by molar-refractivity contribution is 7.80. The van der Waals surface area contributed by atoms with Crippen LogP contribution in [0.4, 0.5) is 0 Å². The molecule has 0 aliphatic rings. The summed E-state index contributed by atoms with van der Waals surface area (Å²) >= 11 is 4.83. The molecule has 112 valence electrons. The Bertz CT molecular complexity index is 574. The molecular formula is C16H20N2O2S. The summed E-state index contributed by atoms with van der Waals surface area (Å²) < 4.78 is 11.3. The molecule has 0 unspecified atom stereocenters. The molecule has 0 fully saturated rings. The third kappa shape index (κ3) is 5.44. The van der Waals surface area contributed by atoms with Crippen molar-refractivity contribution >= 4 is 23.3 Å². The van der Waals surface area contributed by atoms with Crippen molar-refractivity contribution < 1.29 is 9.47 Å². The summed E-state index contributed by atoms with van der Waals surface area (Å²) in [5, 5.41) is 8.99. The monoisotopic (exact) mass is 304 g/mol. The Morgan fingerprint density at radius 3 is 2.62 bits per heavy atom. The van der Waals surface area contributed by atoms with E-state index in [1.54, 1.807) is 6.08 Å². The highest BCUT2D eigenvalue weighted by Gasteiger charge is 2.08. The lowest BCUT2D eigenvalue weighted by Crippen LogP contribution is -2.09. The van der Waals surface area contributed by atoms with Crippen molar-refractivity contribution in [2.45, 2.75) is 20.8 Å². The van der Waals surface area contributed by atoms with Crippen molar-refractivity contribution in [3.63, 3.8) is 0 Å². The number of nitrogens with zero attached hydrogens (tertiary/aromatic N) is 1. The van der Waals surface area contributed by atoms with Crippen LogP contribution in [0.3, 0.4) is 0 Å². The van der Waals surface area contributed by atoms with Gasteiger partial charge in [0.1, 0.15) is 11.1 Å². The predicted molar refractivity (Wildman–Crippen MR) is 88.3 cm³/mol. The van der Waals surface area contributed by atoms with Crippen LogP contribution in [0.5, 0.6) is 11.5 Å². The van der Waals surface area contributed by atoms with Gasteiger partial charge in [-0.15, -0.1) is 0 Å². The average Bonchev–Trinajstić information content (AvgIpc) is 2.43. The van der Waals surface area contributed by atoms with Gasteiger partial charge >= 0.3 is 0 Å². The van der Waals surface area contributed by atoms with Crippen LogP contribution in [0.2, 0.25) is 0 Å². The summed E-state index contributed by atoms with van der Waals surface area (Å²) in [4.78, 5) is 0.0793. The third-order valence-electron chi connectivity index (χ3n) is 2.54. The molecule has 0 aromatic heterocycles. The van der Waals surface area contributed by atoms with Gasteiger partial charge < -0.3 is 15.2 Å². The molecule has 0 aliphatic carbocycles. The van der Waals surface area contributed by atoms with Crippen molar-refractivity contribution in [1.82, 2.24) is 0 Å². The van der Waals surface area contributed by atoms with Gasteiger partial charge in [-0.3, -0.25) is 0 Å². The van der Waals surface area contributed by atoms with Crippen LogP contribution in [-0.2, 0) is 0 Å². The lowest BCUT2D eigenvalue weighted by molar-refractivity contribution is 0.248. The topological polar surface area (TPSA) is 68.3 Å². The number of hydrogen-bond acceptors (Lipinski definition) is 4. The minimum atomic E-state index is 0.0793. The minimum Gasteiger partial charge on any atom is -0.490 e. The van der Waals surface area contributed by atoms with Gasteiger partial charge in [0.15, 0.2) is 11.5 Å². The minimum absolute atomic E-state index is 0.0793. The molecule has 1 aromatic carbocycles. The smallest absolute Gasteiger partial charge is 0.161 e. The molecule has 0 radical (unpaired) electrons. The molecular weight excluding hydrogens is 284 g/mol. The molecule has 0 atom stereocenters. The van der Waals surface area contributed by atoms with Crippen molar-refractivity contribution in [1.29, 1.82) is 5.26 Å². The van der Waals surface area contributed by atoms with Gasteiger partial charge in [0, 0.05) is 0 Å². The van der Waals surface area contributed by atoms with Crippen LogP contribution in [0.15, 0.2) is 23.8 Å². The summed E-state index contributed by atoms with van der Waals surface area (Å²) in [6.45, 7) is 7.22. The fourth-order valence-electron chi connectivity index (χ4n) is 1.58. The number of thiocarbonyl (C=S) groups is 1. The maximum Gasteiger partial charge on any atom is 0.161 e. The molecule has 0 spiro atoms. The van der Waals surface area contributed by atoms with E-state index in [-0.39, 0.29) is 10.6 Å². The highest BCUT2D eigenvalue weighted by Crippen LogP contribution is 2.29. The van der Waals surface area contributed by atoms with Gasteiger partial charge in [0.2, 0.25) is 0 Å². The second-order valence-corrected chi connectivity index (χ2v) is 5.32. The summed E-state index contributed by atoms with van der Waals surface area (Å²) in [5.74, 6) is 1.77. The van der Waals surface area contributed by atoms with Gasteiger partial charge in [-0.05, 0) is 36.6 Å². The van der Waals surface area contributed by atoms with Gasteiger partial charge in [-0.2, -0.15) is 5.26 Å². The fraction of sp³-hybridized carbons (Fsp3) is 0.375. The van der Waals surface area contributed by atoms with E-state index in [4.69, 9.17) is 32.7 Å². The third-order valence-corrected chi connectivity index (χ3v) is 2.76. The van der Waals surface area contributed by atoms with E-state index in [1.807, 2.05) is 31.2 Å². The van der Waals surface area contributed by atoms with Crippen molar-refractivity contribution in [2.24, 2.45) is 11.7 Å². The van der Waals surface area contributed by atoms with E-state index in [2.05, 4.69) is 13.8 Å². The summed E-state index contributed by atoms with van der Waals surface area (Å²) in [6, 6.07) is 7.46. The number of nitrogens with two attached hydrogens (primary N) is 1. The van der Waals surface area contributed by atoms with E-state index in [0.29, 0.717) is 30.6 Å². The van der Waals surface area contributed by atoms with E-state index >= 15 is 0 Å². The molecule has 1 rings (SSSR count). The molecule has 2 N–H and O–H groups in total. The second-order valence-electron chi connectivity index (χ2n) is 4.88. The van der Waals surface area contributed by atoms with Crippen LogP contribution >= 0.6 is 12.2 Å². The zero-order chi connectivity index (χ0) is 15.8. The Morgan fingerprint density at radius 1 is 1.38 bits per heavy atom. The molecule has 0 saturated carbocycles. The maximum absolute atomic E-state index is 8.99. The van der Waals surface area contributed by atoms with Crippen LogP contribution in [0.1, 0.15) is 26.3 Å². The average molecular weight is 304 g/mol. The molecule has 0 amide bonds. The van der Waals surface area contributed by atoms with Gasteiger partial charge in [-0.25, -0.2) is 0 Å². The highest BCUT2D eigenvalue weighted by atomic mass is 32.1. The SMILES string of the molecule is CCOc1cc(/C=C(/C#N)C(N)=S)ccc1OCC(C)C. The maximum atomic E-state index is 8.99. The van der Waals surface area contributed by atoms with Gasteiger partial charge in [0.05, 0.1) is 18.8 Å². The first-order valence-electron chi connectivity index (χ1n) is 6.79. The zero-order valence-corrected chi connectivity index (χ0v) is 13.4. The van der Waals surface area contributed by atoms with Gasteiger partial charge in [0.25, 0.3) is 0 Å². The normalized spacial score (nSPS) is 11.1. The Kier molecular flexibility index (Phi) is 6.70. The lowest BCUT2D eigenvalue weighted by atomic mass is 10.1. The zero-order valence-electron chi connectivity index (χ0n) is 12.6. The Labute approximate surface area is 131 Å². The van der Waals surface area contributed by atoms with Gasteiger partial charge in [-0.1, -0.05) is 32.1 Å². The second kappa shape index (κ2) is 8.28. The number of hydrogen-bond donors (Lipinski definition) is 1. The molecule has 21 heavy (non-hydrogen) atoms. The Balaban J connectivity index is 3.08.